The highest BCUT2D eigenvalue weighted by molar-refractivity contribution is 6.29. The third kappa shape index (κ3) is 3.19. The molecule has 0 spiro atoms. The van der Waals surface area contributed by atoms with Crippen molar-refractivity contribution in [3.05, 3.63) is 62.3 Å². The lowest BCUT2D eigenvalue weighted by Gasteiger charge is -2.10. The zero-order valence-electron chi connectivity index (χ0n) is 14.4. The molecule has 0 saturated heterocycles. The lowest BCUT2D eigenvalue weighted by molar-refractivity contribution is 0.532. The van der Waals surface area contributed by atoms with Crippen molar-refractivity contribution in [2.24, 2.45) is 7.05 Å². The minimum absolute atomic E-state index is 0.197. The maximum Gasteiger partial charge on any atom is 0.332 e. The molecular weight excluding hydrogens is 342 g/mol. The smallest absolute Gasteiger partial charge is 0.332 e. The van der Waals surface area contributed by atoms with E-state index in [0.717, 1.165) is 5.57 Å². The van der Waals surface area contributed by atoms with E-state index in [2.05, 4.69) is 4.98 Å². The molecule has 3 rings (SSSR count). The van der Waals surface area contributed by atoms with Crippen molar-refractivity contribution in [2.75, 3.05) is 0 Å². The van der Waals surface area contributed by atoms with Crippen LogP contribution in [0.5, 0.6) is 0 Å². The molecular formula is C17H20ClN5O2. The van der Waals surface area contributed by atoms with Crippen molar-refractivity contribution < 1.29 is 0 Å². The monoisotopic (exact) mass is 361 g/mol. The fraction of sp³-hybridized carbons (Fsp3) is 0.353. The number of imidazole rings is 1. The van der Waals surface area contributed by atoms with Gasteiger partial charge in [0.2, 0.25) is 5.28 Å². The predicted octanol–water partition coefficient (Wildman–Crippen LogP) is 2.02. The Hall–Kier alpha value is -2.54. The molecule has 0 aliphatic rings. The molecule has 3 aromatic heterocycles. The number of aromatic nitrogens is 5. The van der Waals surface area contributed by atoms with E-state index < -0.39 is 5.69 Å². The van der Waals surface area contributed by atoms with Crippen LogP contribution in [0.15, 0.2) is 45.8 Å². The molecule has 25 heavy (non-hydrogen) atoms. The van der Waals surface area contributed by atoms with E-state index in [1.165, 1.54) is 9.13 Å². The maximum absolute atomic E-state index is 12.9. The summed E-state index contributed by atoms with van der Waals surface area (Å²) in [6.45, 7) is 5.18. The van der Waals surface area contributed by atoms with Gasteiger partial charge in [0.15, 0.2) is 11.2 Å². The van der Waals surface area contributed by atoms with Gasteiger partial charge in [0.1, 0.15) is 0 Å². The van der Waals surface area contributed by atoms with Crippen molar-refractivity contribution in [1.82, 2.24) is 23.3 Å². The molecule has 0 unspecified atom stereocenters. The summed E-state index contributed by atoms with van der Waals surface area (Å²) in [7, 11) is 1.60. The molecule has 0 aromatic carbocycles. The summed E-state index contributed by atoms with van der Waals surface area (Å²) in [5.74, 6) is 0. The first-order chi connectivity index (χ1) is 11.9. The zero-order chi connectivity index (χ0) is 18.1. The number of aryl methyl sites for hydroxylation is 2. The normalized spacial score (nSPS) is 11.2. The Kier molecular flexibility index (Phi) is 4.67. The summed E-state index contributed by atoms with van der Waals surface area (Å²) in [5.41, 5.74) is 0.993. The molecule has 3 heterocycles. The quantitative estimate of drug-likeness (QED) is 0.515. The number of nitrogens with zero attached hydrogens (tertiary/aromatic N) is 5. The molecule has 3 aromatic rings. The molecule has 0 amide bonds. The van der Waals surface area contributed by atoms with Crippen LogP contribution in [0.3, 0.4) is 0 Å². The van der Waals surface area contributed by atoms with E-state index in [-0.39, 0.29) is 17.4 Å². The first kappa shape index (κ1) is 17.3. The second-order valence-corrected chi connectivity index (χ2v) is 6.50. The van der Waals surface area contributed by atoms with Gasteiger partial charge < -0.3 is 9.13 Å². The molecule has 0 aliphatic heterocycles. The van der Waals surface area contributed by atoms with Crippen LogP contribution >= 0.6 is 11.6 Å². The molecule has 0 N–H and O–H groups in total. The average Bonchev–Trinajstić information content (AvgIpc) is 3.18. The Bertz CT molecular complexity index is 1050. The van der Waals surface area contributed by atoms with Crippen molar-refractivity contribution in [3.8, 4) is 0 Å². The Balaban J connectivity index is 2.14. The molecule has 0 aliphatic carbocycles. The third-order valence-corrected chi connectivity index (χ3v) is 4.40. The van der Waals surface area contributed by atoms with Gasteiger partial charge in [0.25, 0.3) is 5.56 Å². The van der Waals surface area contributed by atoms with E-state index in [1.807, 2.05) is 49.0 Å². The van der Waals surface area contributed by atoms with Gasteiger partial charge in [-0.1, -0.05) is 11.6 Å². The number of allylic oxidation sites excluding steroid dienone is 2. The third-order valence-electron chi connectivity index (χ3n) is 4.12. The fourth-order valence-electron chi connectivity index (χ4n) is 2.72. The Morgan fingerprint density at radius 3 is 2.48 bits per heavy atom. The Morgan fingerprint density at radius 2 is 1.84 bits per heavy atom. The molecule has 0 saturated carbocycles. The number of fused-ring (bicyclic) bond motifs is 1. The van der Waals surface area contributed by atoms with Crippen LogP contribution in [-0.2, 0) is 26.7 Å². The highest BCUT2D eigenvalue weighted by Crippen LogP contribution is 2.16. The highest BCUT2D eigenvalue weighted by atomic mass is 35.5. The standard InChI is InChI=1S/C17H20ClN5O2/c1-12(2)6-9-22-13-14(19-16(22)18)20(3)17(25)23(15(13)24)11-10-21-7-4-5-8-21/h4-8H,9-11H2,1-3H3. The zero-order valence-corrected chi connectivity index (χ0v) is 15.2. The molecule has 0 atom stereocenters. The Morgan fingerprint density at radius 1 is 1.16 bits per heavy atom. The summed E-state index contributed by atoms with van der Waals surface area (Å²) in [5, 5.41) is 0.197. The average molecular weight is 362 g/mol. The van der Waals surface area contributed by atoms with Gasteiger partial charge >= 0.3 is 5.69 Å². The minimum Gasteiger partial charge on any atom is -0.352 e. The molecule has 0 radical (unpaired) electrons. The van der Waals surface area contributed by atoms with Crippen LogP contribution in [0, 0.1) is 0 Å². The highest BCUT2D eigenvalue weighted by Gasteiger charge is 2.18. The minimum atomic E-state index is -0.395. The van der Waals surface area contributed by atoms with E-state index in [9.17, 15) is 9.59 Å². The predicted molar refractivity (Wildman–Crippen MR) is 98.1 cm³/mol. The summed E-state index contributed by atoms with van der Waals surface area (Å²) in [4.78, 5) is 29.7. The van der Waals surface area contributed by atoms with Gasteiger partial charge in [0, 0.05) is 39.1 Å². The number of hydrogen-bond donors (Lipinski definition) is 0. The fourth-order valence-corrected chi connectivity index (χ4v) is 2.95. The molecule has 0 fully saturated rings. The summed E-state index contributed by atoms with van der Waals surface area (Å²) >= 11 is 6.21. The van der Waals surface area contributed by atoms with Crippen molar-refractivity contribution in [2.45, 2.75) is 33.5 Å². The maximum atomic E-state index is 12.9. The van der Waals surface area contributed by atoms with Gasteiger partial charge in [0.05, 0.1) is 0 Å². The van der Waals surface area contributed by atoms with E-state index in [4.69, 9.17) is 11.6 Å². The van der Waals surface area contributed by atoms with Crippen LogP contribution in [-0.4, -0.2) is 23.3 Å². The van der Waals surface area contributed by atoms with Crippen LogP contribution in [0.2, 0.25) is 5.28 Å². The second-order valence-electron chi connectivity index (χ2n) is 6.16. The first-order valence-electron chi connectivity index (χ1n) is 8.00. The number of rotatable bonds is 5. The Labute approximate surface area is 149 Å². The van der Waals surface area contributed by atoms with Crippen LogP contribution in [0.4, 0.5) is 0 Å². The van der Waals surface area contributed by atoms with E-state index in [0.29, 0.717) is 24.3 Å². The van der Waals surface area contributed by atoms with Crippen LogP contribution in [0.1, 0.15) is 13.8 Å². The lowest BCUT2D eigenvalue weighted by Crippen LogP contribution is -2.40. The second kappa shape index (κ2) is 6.76. The molecule has 8 heteroatoms. The summed E-state index contributed by atoms with van der Waals surface area (Å²) in [6.07, 6.45) is 5.75. The van der Waals surface area contributed by atoms with Crippen molar-refractivity contribution >= 4 is 22.8 Å². The number of halogens is 1. The van der Waals surface area contributed by atoms with Crippen molar-refractivity contribution in [1.29, 1.82) is 0 Å². The van der Waals surface area contributed by atoms with Crippen molar-refractivity contribution in [3.63, 3.8) is 0 Å². The van der Waals surface area contributed by atoms with E-state index >= 15 is 0 Å². The molecule has 0 bridgehead atoms. The SMILES string of the molecule is CC(C)=CCn1c(Cl)nc2c1c(=O)n(CCn1cccc1)c(=O)n2C. The van der Waals surface area contributed by atoms with Crippen LogP contribution in [0.25, 0.3) is 11.2 Å². The van der Waals surface area contributed by atoms with E-state index in [1.54, 1.807) is 11.6 Å². The van der Waals surface area contributed by atoms with Gasteiger partial charge in [-0.05, 0) is 37.6 Å². The molecule has 132 valence electrons. The van der Waals surface area contributed by atoms with Gasteiger partial charge in [-0.15, -0.1) is 0 Å². The summed E-state index contributed by atoms with van der Waals surface area (Å²) in [6, 6.07) is 3.80. The first-order valence-corrected chi connectivity index (χ1v) is 8.37. The van der Waals surface area contributed by atoms with Gasteiger partial charge in [-0.3, -0.25) is 13.9 Å². The molecule has 7 nitrogen and oxygen atoms in total. The number of hydrogen-bond acceptors (Lipinski definition) is 3. The topological polar surface area (TPSA) is 66.8 Å². The van der Waals surface area contributed by atoms with Gasteiger partial charge in [-0.2, -0.15) is 4.98 Å². The van der Waals surface area contributed by atoms with Gasteiger partial charge in [-0.25, -0.2) is 4.79 Å². The van der Waals surface area contributed by atoms with Crippen LogP contribution < -0.4 is 11.2 Å². The summed E-state index contributed by atoms with van der Waals surface area (Å²) < 4.78 is 6.16. The largest absolute Gasteiger partial charge is 0.352 e. The lowest BCUT2D eigenvalue weighted by atomic mass is 10.3.